The van der Waals surface area contributed by atoms with E-state index >= 15 is 0 Å². The van der Waals surface area contributed by atoms with Gasteiger partial charge in [-0.15, -0.1) is 0 Å². The number of benzene rings is 1. The second-order valence-electron chi connectivity index (χ2n) is 4.21. The molecule has 0 unspecified atom stereocenters. The maximum Gasteiger partial charge on any atom is 0.265 e. The minimum Gasteiger partial charge on any atom is -0.307 e. The molecule has 6 nitrogen and oxygen atoms in total. The molecule has 0 aliphatic rings. The van der Waals surface area contributed by atoms with Gasteiger partial charge < -0.3 is 5.43 Å². The Balaban J connectivity index is 2.42. The Labute approximate surface area is 129 Å². The molecule has 112 valence electrons. The van der Waals surface area contributed by atoms with Crippen LogP contribution in [0.25, 0.3) is 0 Å². The zero-order valence-corrected chi connectivity index (χ0v) is 13.3. The van der Waals surface area contributed by atoms with E-state index in [1.165, 1.54) is 30.5 Å². The Morgan fingerprint density at radius 3 is 2.67 bits per heavy atom. The predicted molar refractivity (Wildman–Crippen MR) is 81.7 cm³/mol. The molecule has 1 aromatic heterocycles. The highest BCUT2D eigenvalue weighted by Gasteiger charge is 2.20. The Morgan fingerprint density at radius 1 is 1.33 bits per heavy atom. The van der Waals surface area contributed by atoms with Gasteiger partial charge in [0.1, 0.15) is 10.7 Å². The Kier molecular flexibility index (Phi) is 4.45. The largest absolute Gasteiger partial charge is 0.307 e. The van der Waals surface area contributed by atoms with Gasteiger partial charge in [0, 0.05) is 16.4 Å². The van der Waals surface area contributed by atoms with Crippen molar-refractivity contribution in [2.75, 3.05) is 10.1 Å². The molecule has 0 aliphatic carbocycles. The van der Waals surface area contributed by atoms with E-state index in [0.29, 0.717) is 10.0 Å². The summed E-state index contributed by atoms with van der Waals surface area (Å²) in [5, 5.41) is 0. The molecule has 1 heterocycles. The van der Waals surface area contributed by atoms with Gasteiger partial charge in [-0.25, -0.2) is 23.6 Å². The smallest absolute Gasteiger partial charge is 0.265 e. The van der Waals surface area contributed by atoms with Crippen molar-refractivity contribution in [3.8, 4) is 0 Å². The maximum absolute atomic E-state index is 13.2. The fourth-order valence-electron chi connectivity index (χ4n) is 1.65. The van der Waals surface area contributed by atoms with Gasteiger partial charge in [0.2, 0.25) is 0 Å². The molecular formula is C12H12BrFN4O2S. The van der Waals surface area contributed by atoms with Crippen LogP contribution < -0.4 is 16.0 Å². The van der Waals surface area contributed by atoms with Crippen LogP contribution in [0.2, 0.25) is 0 Å². The molecule has 1 aromatic carbocycles. The summed E-state index contributed by atoms with van der Waals surface area (Å²) in [5.41, 5.74) is 2.80. The van der Waals surface area contributed by atoms with Crippen molar-refractivity contribution in [1.82, 2.24) is 4.98 Å². The molecule has 0 aliphatic heterocycles. The first kappa shape index (κ1) is 15.7. The molecule has 9 heteroatoms. The summed E-state index contributed by atoms with van der Waals surface area (Å²) in [5.74, 6) is 4.86. The fraction of sp³-hybridized carbons (Fsp3) is 0.0833. The topological polar surface area (TPSA) is 97.1 Å². The zero-order chi connectivity index (χ0) is 15.6. The van der Waals surface area contributed by atoms with Crippen molar-refractivity contribution < 1.29 is 12.8 Å². The van der Waals surface area contributed by atoms with Crippen LogP contribution >= 0.6 is 15.9 Å². The van der Waals surface area contributed by atoms with E-state index in [0.717, 1.165) is 0 Å². The first-order valence-corrected chi connectivity index (χ1v) is 8.02. The lowest BCUT2D eigenvalue weighted by Gasteiger charge is -2.12. The normalized spacial score (nSPS) is 11.2. The summed E-state index contributed by atoms with van der Waals surface area (Å²) in [6.45, 7) is 1.54. The lowest BCUT2D eigenvalue weighted by molar-refractivity contribution is 0.600. The lowest BCUT2D eigenvalue weighted by atomic mass is 10.2. The number of hydrogen-bond acceptors (Lipinski definition) is 5. The summed E-state index contributed by atoms with van der Waals surface area (Å²) in [4.78, 5) is 3.75. The van der Waals surface area contributed by atoms with Gasteiger partial charge in [-0.2, -0.15) is 0 Å². The quantitative estimate of drug-likeness (QED) is 0.563. The van der Waals surface area contributed by atoms with E-state index in [1.54, 1.807) is 6.92 Å². The molecule has 0 amide bonds. The van der Waals surface area contributed by atoms with Crippen molar-refractivity contribution >= 4 is 37.5 Å². The second-order valence-corrected chi connectivity index (χ2v) is 6.78. The number of nitrogens with one attached hydrogen (secondary N) is 2. The number of anilines is 2. The van der Waals surface area contributed by atoms with E-state index < -0.39 is 15.8 Å². The average molecular weight is 375 g/mol. The molecule has 2 aromatic rings. The van der Waals surface area contributed by atoms with E-state index in [-0.39, 0.29) is 16.4 Å². The number of sulfonamides is 1. The van der Waals surface area contributed by atoms with Crippen molar-refractivity contribution in [2.45, 2.75) is 11.8 Å². The molecule has 0 fully saturated rings. The number of halogens is 2. The summed E-state index contributed by atoms with van der Waals surface area (Å²) in [6.07, 6.45) is 1.41. The molecule has 0 saturated heterocycles. The predicted octanol–water partition coefficient (Wildman–Crippen LogP) is 2.38. The first-order chi connectivity index (χ1) is 9.83. The number of aryl methyl sites for hydroxylation is 1. The van der Waals surface area contributed by atoms with Crippen molar-refractivity contribution in [1.29, 1.82) is 0 Å². The molecule has 0 radical (unpaired) electrons. The van der Waals surface area contributed by atoms with Gasteiger partial charge in [0.25, 0.3) is 10.0 Å². The third kappa shape index (κ3) is 3.49. The van der Waals surface area contributed by atoms with E-state index in [1.807, 2.05) is 0 Å². The maximum atomic E-state index is 13.2. The molecule has 0 saturated carbocycles. The fourth-order valence-corrected chi connectivity index (χ4v) is 3.33. The summed E-state index contributed by atoms with van der Waals surface area (Å²) in [6, 6.07) is 5.28. The molecular weight excluding hydrogens is 363 g/mol. The van der Waals surface area contributed by atoms with Gasteiger partial charge in [-0.1, -0.05) is 0 Å². The Morgan fingerprint density at radius 2 is 2.05 bits per heavy atom. The number of nitrogen functional groups attached to an aromatic ring is 1. The van der Waals surface area contributed by atoms with Crippen LogP contribution in [0.3, 0.4) is 0 Å². The zero-order valence-electron chi connectivity index (χ0n) is 10.9. The Bertz CT molecular complexity index is 783. The summed E-state index contributed by atoms with van der Waals surface area (Å²) >= 11 is 3.15. The number of pyridine rings is 1. The third-order valence-corrected chi connectivity index (χ3v) is 4.48. The minimum atomic E-state index is -3.92. The van der Waals surface area contributed by atoms with Gasteiger partial charge in [-0.3, -0.25) is 4.72 Å². The molecule has 0 bridgehead atoms. The van der Waals surface area contributed by atoms with E-state index in [9.17, 15) is 12.8 Å². The highest BCUT2D eigenvalue weighted by Crippen LogP contribution is 2.25. The number of nitrogens with two attached hydrogens (primary N) is 1. The molecule has 2 rings (SSSR count). The van der Waals surface area contributed by atoms with Crippen LogP contribution in [0.1, 0.15) is 5.56 Å². The highest BCUT2D eigenvalue weighted by molar-refractivity contribution is 9.10. The summed E-state index contributed by atoms with van der Waals surface area (Å²) < 4.78 is 40.8. The van der Waals surface area contributed by atoms with Gasteiger partial charge in [0.15, 0.2) is 5.82 Å². The molecule has 21 heavy (non-hydrogen) atoms. The number of hydrogen-bond donors (Lipinski definition) is 3. The SMILES string of the molecule is Cc1cc(NS(=O)(=O)c2cc(Br)cnc2NN)ccc1F. The monoisotopic (exact) mass is 374 g/mol. The molecule has 4 N–H and O–H groups in total. The standard InChI is InChI=1S/C12H12BrFN4O2S/c1-7-4-9(2-3-10(7)14)18-21(19,20)11-5-8(13)6-16-12(11)17-15/h2-6,18H,15H2,1H3,(H,16,17). The molecule has 0 atom stereocenters. The van der Waals surface area contributed by atoms with Crippen LogP contribution in [-0.4, -0.2) is 13.4 Å². The molecule has 0 spiro atoms. The highest BCUT2D eigenvalue weighted by atomic mass is 79.9. The van der Waals surface area contributed by atoms with Crippen molar-refractivity contribution in [3.63, 3.8) is 0 Å². The lowest BCUT2D eigenvalue weighted by Crippen LogP contribution is -2.18. The van der Waals surface area contributed by atoms with Crippen LogP contribution in [0.4, 0.5) is 15.9 Å². The van der Waals surface area contributed by atoms with E-state index in [4.69, 9.17) is 5.84 Å². The van der Waals surface area contributed by atoms with Crippen molar-refractivity contribution in [3.05, 3.63) is 46.3 Å². The average Bonchev–Trinajstić information content (AvgIpc) is 2.42. The summed E-state index contributed by atoms with van der Waals surface area (Å²) in [7, 11) is -3.92. The number of rotatable bonds is 4. The van der Waals surface area contributed by atoms with Crippen molar-refractivity contribution in [2.24, 2.45) is 5.84 Å². The van der Waals surface area contributed by atoms with Crippen LogP contribution in [0.5, 0.6) is 0 Å². The number of aromatic nitrogens is 1. The first-order valence-electron chi connectivity index (χ1n) is 5.74. The minimum absolute atomic E-state index is 0.00420. The van der Waals surface area contributed by atoms with Crippen LogP contribution in [-0.2, 0) is 10.0 Å². The Hall–Kier alpha value is -1.71. The van der Waals surface area contributed by atoms with Crippen LogP contribution in [0, 0.1) is 12.7 Å². The van der Waals surface area contributed by atoms with E-state index in [2.05, 4.69) is 31.1 Å². The van der Waals surface area contributed by atoms with Gasteiger partial charge in [-0.05, 0) is 52.7 Å². The van der Waals surface area contributed by atoms with Gasteiger partial charge >= 0.3 is 0 Å². The third-order valence-electron chi connectivity index (χ3n) is 2.66. The number of hydrazine groups is 1. The second kappa shape index (κ2) is 5.96. The van der Waals surface area contributed by atoms with Crippen LogP contribution in [0.15, 0.2) is 39.8 Å². The van der Waals surface area contributed by atoms with Gasteiger partial charge in [0.05, 0.1) is 0 Å². The number of nitrogens with zero attached hydrogens (tertiary/aromatic N) is 1.